The van der Waals surface area contributed by atoms with Crippen LogP contribution in [0.25, 0.3) is 0 Å². The second kappa shape index (κ2) is 6.02. The second-order valence-electron chi connectivity index (χ2n) is 5.70. The van der Waals surface area contributed by atoms with Gasteiger partial charge in [-0.05, 0) is 45.6 Å². The van der Waals surface area contributed by atoms with Crippen molar-refractivity contribution in [2.45, 2.75) is 57.6 Å². The fraction of sp³-hybridized carbons (Fsp3) is 0.929. The largest absolute Gasteiger partial charge is 0.365 e. The molecule has 4 nitrogen and oxygen atoms in total. The first kappa shape index (κ1) is 13.8. The Hall–Kier alpha value is -0.610. The van der Waals surface area contributed by atoms with Crippen LogP contribution in [0.3, 0.4) is 0 Å². The molecule has 0 aliphatic carbocycles. The Morgan fingerprint density at radius 3 is 2.72 bits per heavy atom. The molecule has 4 heteroatoms. The smallest absolute Gasteiger partial charge is 0.254 e. The molecule has 2 saturated heterocycles. The zero-order valence-corrected chi connectivity index (χ0v) is 11.7. The molecule has 2 aliphatic rings. The first-order valence-electron chi connectivity index (χ1n) is 7.32. The normalized spacial score (nSPS) is 29.8. The van der Waals surface area contributed by atoms with Crippen LogP contribution in [0.4, 0.5) is 0 Å². The summed E-state index contributed by atoms with van der Waals surface area (Å²) in [5.41, 5.74) is -0.538. The highest BCUT2D eigenvalue weighted by Gasteiger charge is 2.41. The second-order valence-corrected chi connectivity index (χ2v) is 5.70. The van der Waals surface area contributed by atoms with Gasteiger partial charge in [0, 0.05) is 25.7 Å². The number of piperidine rings is 1. The van der Waals surface area contributed by atoms with Crippen LogP contribution < -0.4 is 5.32 Å². The average Bonchev–Trinajstić information content (AvgIpc) is 2.84. The zero-order chi connectivity index (χ0) is 13.0. The third kappa shape index (κ3) is 3.04. The highest BCUT2D eigenvalue weighted by molar-refractivity contribution is 5.85. The van der Waals surface area contributed by atoms with Crippen molar-refractivity contribution in [1.82, 2.24) is 10.2 Å². The van der Waals surface area contributed by atoms with Crippen molar-refractivity contribution in [3.63, 3.8) is 0 Å². The fourth-order valence-corrected chi connectivity index (χ4v) is 2.92. The molecule has 0 spiro atoms. The molecular formula is C14H26N2O2. The quantitative estimate of drug-likeness (QED) is 0.827. The fourth-order valence-electron chi connectivity index (χ4n) is 2.92. The predicted molar refractivity (Wildman–Crippen MR) is 71.5 cm³/mol. The zero-order valence-electron chi connectivity index (χ0n) is 11.7. The van der Waals surface area contributed by atoms with Gasteiger partial charge in [0.05, 0.1) is 0 Å². The van der Waals surface area contributed by atoms with E-state index in [1.165, 1.54) is 6.42 Å². The van der Waals surface area contributed by atoms with Gasteiger partial charge in [-0.1, -0.05) is 6.92 Å². The molecule has 0 aromatic rings. The van der Waals surface area contributed by atoms with E-state index in [1.807, 2.05) is 11.8 Å². The van der Waals surface area contributed by atoms with Gasteiger partial charge >= 0.3 is 0 Å². The van der Waals surface area contributed by atoms with E-state index in [0.717, 1.165) is 51.9 Å². The Morgan fingerprint density at radius 2 is 2.17 bits per heavy atom. The molecule has 2 heterocycles. The first-order chi connectivity index (χ1) is 8.65. The molecule has 0 aromatic carbocycles. The molecule has 2 fully saturated rings. The lowest BCUT2D eigenvalue weighted by molar-refractivity contribution is -0.152. The number of amides is 1. The topological polar surface area (TPSA) is 41.6 Å². The third-order valence-electron chi connectivity index (χ3n) is 4.14. The van der Waals surface area contributed by atoms with Crippen LogP contribution in [0.1, 0.15) is 46.0 Å². The van der Waals surface area contributed by atoms with E-state index < -0.39 is 5.60 Å². The van der Waals surface area contributed by atoms with Crippen LogP contribution in [-0.4, -0.2) is 48.7 Å². The van der Waals surface area contributed by atoms with Crippen molar-refractivity contribution >= 4 is 5.91 Å². The SMILES string of the molecule is CCCNC1CCN(C(=O)C2(C)CCCO2)CC1. The molecule has 2 aliphatic heterocycles. The van der Waals surface area contributed by atoms with Crippen molar-refractivity contribution in [2.24, 2.45) is 0 Å². The number of nitrogens with zero attached hydrogens (tertiary/aromatic N) is 1. The molecule has 0 radical (unpaired) electrons. The van der Waals surface area contributed by atoms with Crippen molar-refractivity contribution < 1.29 is 9.53 Å². The van der Waals surface area contributed by atoms with E-state index in [1.54, 1.807) is 0 Å². The lowest BCUT2D eigenvalue weighted by Crippen LogP contribution is -2.52. The van der Waals surface area contributed by atoms with Crippen LogP contribution >= 0.6 is 0 Å². The van der Waals surface area contributed by atoms with E-state index in [2.05, 4.69) is 12.2 Å². The highest BCUT2D eigenvalue weighted by Crippen LogP contribution is 2.28. The van der Waals surface area contributed by atoms with Crippen LogP contribution in [-0.2, 0) is 9.53 Å². The summed E-state index contributed by atoms with van der Waals surface area (Å²) in [6.45, 7) is 7.70. The van der Waals surface area contributed by atoms with Gasteiger partial charge in [-0.3, -0.25) is 4.79 Å². The molecule has 0 saturated carbocycles. The minimum atomic E-state index is -0.538. The average molecular weight is 254 g/mol. The summed E-state index contributed by atoms with van der Waals surface area (Å²) in [4.78, 5) is 14.4. The number of carbonyl (C=O) groups excluding carboxylic acids is 1. The van der Waals surface area contributed by atoms with Gasteiger partial charge in [-0.2, -0.15) is 0 Å². The molecule has 0 aromatic heterocycles. The Labute approximate surface area is 110 Å². The molecule has 1 amide bonds. The van der Waals surface area contributed by atoms with Gasteiger partial charge in [-0.25, -0.2) is 0 Å². The van der Waals surface area contributed by atoms with Crippen molar-refractivity contribution in [3.05, 3.63) is 0 Å². The monoisotopic (exact) mass is 254 g/mol. The Balaban J connectivity index is 1.80. The summed E-state index contributed by atoms with van der Waals surface area (Å²) in [7, 11) is 0. The van der Waals surface area contributed by atoms with Crippen LogP contribution in [0.15, 0.2) is 0 Å². The van der Waals surface area contributed by atoms with E-state index in [4.69, 9.17) is 4.74 Å². The molecular weight excluding hydrogens is 228 g/mol. The maximum Gasteiger partial charge on any atom is 0.254 e. The Morgan fingerprint density at radius 1 is 1.44 bits per heavy atom. The number of rotatable bonds is 4. The van der Waals surface area contributed by atoms with E-state index in [-0.39, 0.29) is 5.91 Å². The number of hydrogen-bond donors (Lipinski definition) is 1. The molecule has 1 N–H and O–H groups in total. The molecule has 1 atom stereocenters. The number of likely N-dealkylation sites (tertiary alicyclic amines) is 1. The van der Waals surface area contributed by atoms with Gasteiger partial charge < -0.3 is 15.0 Å². The van der Waals surface area contributed by atoms with Crippen LogP contribution in [0.2, 0.25) is 0 Å². The molecule has 0 bridgehead atoms. The van der Waals surface area contributed by atoms with E-state index in [0.29, 0.717) is 6.04 Å². The summed E-state index contributed by atoms with van der Waals surface area (Å²) >= 11 is 0. The number of nitrogens with one attached hydrogen (secondary N) is 1. The van der Waals surface area contributed by atoms with Crippen LogP contribution in [0.5, 0.6) is 0 Å². The van der Waals surface area contributed by atoms with Crippen molar-refractivity contribution in [2.75, 3.05) is 26.2 Å². The first-order valence-corrected chi connectivity index (χ1v) is 7.32. The lowest BCUT2D eigenvalue weighted by Gasteiger charge is -2.36. The van der Waals surface area contributed by atoms with Gasteiger partial charge in [0.15, 0.2) is 0 Å². The molecule has 18 heavy (non-hydrogen) atoms. The summed E-state index contributed by atoms with van der Waals surface area (Å²) < 4.78 is 5.64. The molecule has 1 unspecified atom stereocenters. The van der Waals surface area contributed by atoms with Crippen LogP contribution in [0, 0.1) is 0 Å². The summed E-state index contributed by atoms with van der Waals surface area (Å²) in [6.07, 6.45) is 5.20. The Kier molecular flexibility index (Phi) is 4.62. The minimum Gasteiger partial charge on any atom is -0.365 e. The van der Waals surface area contributed by atoms with Gasteiger partial charge in [-0.15, -0.1) is 0 Å². The maximum absolute atomic E-state index is 12.4. The van der Waals surface area contributed by atoms with Crippen molar-refractivity contribution in [3.8, 4) is 0 Å². The minimum absolute atomic E-state index is 0.203. The van der Waals surface area contributed by atoms with E-state index >= 15 is 0 Å². The predicted octanol–water partition coefficient (Wildman–Crippen LogP) is 1.55. The summed E-state index contributed by atoms with van der Waals surface area (Å²) in [5, 5.41) is 3.54. The van der Waals surface area contributed by atoms with Crippen molar-refractivity contribution in [1.29, 1.82) is 0 Å². The summed E-state index contributed by atoms with van der Waals surface area (Å²) in [5.74, 6) is 0.203. The number of hydrogen-bond acceptors (Lipinski definition) is 3. The lowest BCUT2D eigenvalue weighted by atomic mass is 9.98. The van der Waals surface area contributed by atoms with Gasteiger partial charge in [0.1, 0.15) is 5.60 Å². The van der Waals surface area contributed by atoms with Gasteiger partial charge in [0.25, 0.3) is 5.91 Å². The van der Waals surface area contributed by atoms with Gasteiger partial charge in [0.2, 0.25) is 0 Å². The standard InChI is InChI=1S/C14H26N2O2/c1-3-8-15-12-5-9-16(10-6-12)13(17)14(2)7-4-11-18-14/h12,15H,3-11H2,1-2H3. The van der Waals surface area contributed by atoms with E-state index in [9.17, 15) is 4.79 Å². The number of ether oxygens (including phenoxy) is 1. The maximum atomic E-state index is 12.4. The number of carbonyl (C=O) groups is 1. The Bertz CT molecular complexity index is 280. The molecule has 2 rings (SSSR count). The highest BCUT2D eigenvalue weighted by atomic mass is 16.5. The third-order valence-corrected chi connectivity index (χ3v) is 4.14. The summed E-state index contributed by atoms with van der Waals surface area (Å²) in [6, 6.07) is 0.589. The molecule has 104 valence electrons.